The molecule has 156 valence electrons. The second-order valence-electron chi connectivity index (χ2n) is 7.74. The number of carbonyl (C=O) groups excluding carboxylic acids is 1. The standard InChI is InChI=1S/C26H23ClN2O2/c27-21-12-9-18(10-13-21)17-31-25-14-11-19-5-1-4-8-23(19)24(25)15-20(16-28)26(30)29-22-6-2-3-7-22/h1,4-5,8-15,22H,2-3,6-7,17H2,(H,29,30)/b20-15-. The Balaban J connectivity index is 1.67. The van der Waals surface area contributed by atoms with Crippen LogP contribution >= 0.6 is 11.6 Å². The second-order valence-corrected chi connectivity index (χ2v) is 8.17. The first-order valence-corrected chi connectivity index (χ1v) is 10.8. The molecular weight excluding hydrogens is 408 g/mol. The first-order chi connectivity index (χ1) is 15.1. The summed E-state index contributed by atoms with van der Waals surface area (Å²) in [5.41, 5.74) is 1.79. The van der Waals surface area contributed by atoms with Gasteiger partial charge in [0.05, 0.1) is 0 Å². The molecule has 0 saturated heterocycles. The largest absolute Gasteiger partial charge is 0.488 e. The van der Waals surface area contributed by atoms with Gasteiger partial charge in [0.1, 0.15) is 24.0 Å². The fourth-order valence-electron chi connectivity index (χ4n) is 3.92. The number of benzene rings is 3. The van der Waals surface area contributed by atoms with Crippen LogP contribution in [-0.2, 0) is 11.4 Å². The number of ether oxygens (including phenoxy) is 1. The van der Waals surface area contributed by atoms with Gasteiger partial charge in [-0.1, -0.05) is 66.9 Å². The smallest absolute Gasteiger partial charge is 0.262 e. The quantitative estimate of drug-likeness (QED) is 0.383. The molecule has 31 heavy (non-hydrogen) atoms. The Kier molecular flexibility index (Phi) is 6.54. The van der Waals surface area contributed by atoms with E-state index in [1.807, 2.05) is 60.7 Å². The van der Waals surface area contributed by atoms with Crippen LogP contribution in [0.15, 0.2) is 66.2 Å². The van der Waals surface area contributed by atoms with Crippen LogP contribution in [0.1, 0.15) is 36.8 Å². The van der Waals surface area contributed by atoms with Crippen LogP contribution in [-0.4, -0.2) is 11.9 Å². The molecule has 1 amide bonds. The molecule has 1 fully saturated rings. The molecule has 0 bridgehead atoms. The number of rotatable bonds is 6. The van der Waals surface area contributed by atoms with E-state index in [4.69, 9.17) is 16.3 Å². The number of hydrogen-bond acceptors (Lipinski definition) is 3. The Morgan fingerprint density at radius 1 is 1.10 bits per heavy atom. The lowest BCUT2D eigenvalue weighted by Gasteiger charge is -2.14. The lowest BCUT2D eigenvalue weighted by atomic mass is 10.0. The van der Waals surface area contributed by atoms with E-state index in [2.05, 4.69) is 11.4 Å². The fourth-order valence-corrected chi connectivity index (χ4v) is 4.04. The van der Waals surface area contributed by atoms with Crippen LogP contribution in [0.5, 0.6) is 5.75 Å². The number of hydrogen-bond donors (Lipinski definition) is 1. The molecule has 1 aliphatic carbocycles. The highest BCUT2D eigenvalue weighted by Crippen LogP contribution is 2.31. The highest BCUT2D eigenvalue weighted by molar-refractivity contribution is 6.30. The third kappa shape index (κ3) is 5.07. The van der Waals surface area contributed by atoms with Crippen LogP contribution in [0.2, 0.25) is 5.02 Å². The van der Waals surface area contributed by atoms with E-state index in [9.17, 15) is 10.1 Å². The molecule has 1 saturated carbocycles. The van der Waals surface area contributed by atoms with E-state index in [1.165, 1.54) is 0 Å². The third-order valence-electron chi connectivity index (χ3n) is 5.58. The molecule has 1 N–H and O–H groups in total. The zero-order chi connectivity index (χ0) is 21.6. The average Bonchev–Trinajstić information content (AvgIpc) is 3.30. The van der Waals surface area contributed by atoms with Gasteiger partial charge in [-0.3, -0.25) is 4.79 Å². The van der Waals surface area contributed by atoms with Crippen LogP contribution in [0.25, 0.3) is 16.8 Å². The summed E-state index contributed by atoms with van der Waals surface area (Å²) < 4.78 is 6.10. The molecule has 3 aromatic carbocycles. The minimum atomic E-state index is -0.328. The average molecular weight is 431 g/mol. The number of nitriles is 1. The molecule has 3 aromatic rings. The van der Waals surface area contributed by atoms with Gasteiger partial charge in [-0.05, 0) is 53.5 Å². The van der Waals surface area contributed by atoms with Crippen molar-refractivity contribution in [1.29, 1.82) is 5.26 Å². The number of fused-ring (bicyclic) bond motifs is 1. The van der Waals surface area contributed by atoms with Crippen LogP contribution < -0.4 is 10.1 Å². The zero-order valence-corrected chi connectivity index (χ0v) is 17.9. The highest BCUT2D eigenvalue weighted by Gasteiger charge is 2.20. The van der Waals surface area contributed by atoms with E-state index in [0.717, 1.165) is 47.6 Å². The van der Waals surface area contributed by atoms with Gasteiger partial charge in [-0.15, -0.1) is 0 Å². The van der Waals surface area contributed by atoms with E-state index in [1.54, 1.807) is 6.08 Å². The number of carbonyl (C=O) groups is 1. The SMILES string of the molecule is N#C/C(=C/c1c(OCc2ccc(Cl)cc2)ccc2ccccc12)C(=O)NC1CCCC1. The summed E-state index contributed by atoms with van der Waals surface area (Å²) in [5, 5.41) is 15.3. The molecule has 0 unspecified atom stereocenters. The minimum Gasteiger partial charge on any atom is -0.488 e. The van der Waals surface area contributed by atoms with Crippen molar-refractivity contribution < 1.29 is 9.53 Å². The van der Waals surface area contributed by atoms with Crippen molar-refractivity contribution in [3.63, 3.8) is 0 Å². The topological polar surface area (TPSA) is 62.1 Å². The summed E-state index contributed by atoms with van der Waals surface area (Å²) in [4.78, 5) is 12.7. The van der Waals surface area contributed by atoms with Gasteiger partial charge in [-0.25, -0.2) is 0 Å². The van der Waals surface area contributed by atoms with Crippen molar-refractivity contribution in [2.45, 2.75) is 38.3 Å². The predicted molar refractivity (Wildman–Crippen MR) is 124 cm³/mol. The Morgan fingerprint density at radius 2 is 1.84 bits per heavy atom. The Morgan fingerprint density at radius 3 is 2.58 bits per heavy atom. The lowest BCUT2D eigenvalue weighted by Crippen LogP contribution is -2.33. The van der Waals surface area contributed by atoms with Gasteiger partial charge in [0, 0.05) is 16.6 Å². The second kappa shape index (κ2) is 9.68. The Bertz CT molecular complexity index is 1160. The normalized spacial score (nSPS) is 14.4. The van der Waals surface area contributed by atoms with Gasteiger partial charge >= 0.3 is 0 Å². The Labute approximate surface area is 187 Å². The van der Waals surface area contributed by atoms with Crippen molar-refractivity contribution in [3.8, 4) is 11.8 Å². The number of halogens is 1. The zero-order valence-electron chi connectivity index (χ0n) is 17.1. The van der Waals surface area contributed by atoms with Crippen molar-refractivity contribution in [1.82, 2.24) is 5.32 Å². The van der Waals surface area contributed by atoms with Gasteiger partial charge in [-0.2, -0.15) is 5.26 Å². The van der Waals surface area contributed by atoms with Gasteiger partial charge < -0.3 is 10.1 Å². The molecule has 4 rings (SSSR count). The molecule has 5 heteroatoms. The van der Waals surface area contributed by atoms with Crippen molar-refractivity contribution >= 4 is 34.4 Å². The Hall–Kier alpha value is -3.29. The molecule has 4 nitrogen and oxygen atoms in total. The number of nitrogens with one attached hydrogen (secondary N) is 1. The molecule has 0 atom stereocenters. The third-order valence-corrected chi connectivity index (χ3v) is 5.83. The minimum absolute atomic E-state index is 0.0830. The molecule has 0 spiro atoms. The molecule has 0 heterocycles. The maximum Gasteiger partial charge on any atom is 0.262 e. The first-order valence-electron chi connectivity index (χ1n) is 10.5. The van der Waals surface area contributed by atoms with E-state index in [-0.39, 0.29) is 17.5 Å². The summed E-state index contributed by atoms with van der Waals surface area (Å²) >= 11 is 5.97. The van der Waals surface area contributed by atoms with Gasteiger partial charge in [0.2, 0.25) is 0 Å². The molecule has 0 aromatic heterocycles. The predicted octanol–water partition coefficient (Wildman–Crippen LogP) is 6.04. The number of amides is 1. The van der Waals surface area contributed by atoms with Crippen molar-refractivity contribution in [2.24, 2.45) is 0 Å². The van der Waals surface area contributed by atoms with E-state index >= 15 is 0 Å². The van der Waals surface area contributed by atoms with Crippen molar-refractivity contribution in [2.75, 3.05) is 0 Å². The summed E-state index contributed by atoms with van der Waals surface area (Å²) in [6.45, 7) is 0.354. The summed E-state index contributed by atoms with van der Waals surface area (Å²) in [5.74, 6) is 0.293. The van der Waals surface area contributed by atoms with Gasteiger partial charge in [0.15, 0.2) is 0 Å². The molecule has 0 aliphatic heterocycles. The summed E-state index contributed by atoms with van der Waals surface area (Å²) in [6.07, 6.45) is 5.80. The molecule has 1 aliphatic rings. The maximum absolute atomic E-state index is 12.7. The number of nitrogens with zero attached hydrogens (tertiary/aromatic N) is 1. The summed E-state index contributed by atoms with van der Waals surface area (Å²) in [7, 11) is 0. The maximum atomic E-state index is 12.7. The summed E-state index contributed by atoms with van der Waals surface area (Å²) in [6, 6.07) is 21.4. The van der Waals surface area contributed by atoms with Crippen LogP contribution in [0.3, 0.4) is 0 Å². The van der Waals surface area contributed by atoms with E-state index < -0.39 is 0 Å². The highest BCUT2D eigenvalue weighted by atomic mass is 35.5. The van der Waals surface area contributed by atoms with Crippen LogP contribution in [0, 0.1) is 11.3 Å². The first kappa shape index (κ1) is 21.0. The lowest BCUT2D eigenvalue weighted by molar-refractivity contribution is -0.117. The van der Waals surface area contributed by atoms with Crippen molar-refractivity contribution in [3.05, 3.63) is 82.4 Å². The van der Waals surface area contributed by atoms with E-state index in [0.29, 0.717) is 17.4 Å². The van der Waals surface area contributed by atoms with Crippen LogP contribution in [0.4, 0.5) is 0 Å². The molecular formula is C26H23ClN2O2. The molecule has 0 radical (unpaired) electrons. The fraction of sp³-hybridized carbons (Fsp3) is 0.231. The monoisotopic (exact) mass is 430 g/mol. The van der Waals surface area contributed by atoms with Gasteiger partial charge in [0.25, 0.3) is 5.91 Å².